The van der Waals surface area contributed by atoms with E-state index in [-0.39, 0.29) is 17.6 Å². The number of anilines is 1. The smallest absolute Gasteiger partial charge is 0.319 e. The first-order chi connectivity index (χ1) is 12.2. The molecule has 1 aromatic heterocycles. The number of carbonyl (C=O) groups is 1. The Labute approximate surface area is 145 Å². The van der Waals surface area contributed by atoms with Crippen molar-refractivity contribution in [2.24, 2.45) is 5.92 Å². The first kappa shape index (κ1) is 16.0. The predicted octanol–water partition coefficient (Wildman–Crippen LogP) is 2.24. The van der Waals surface area contributed by atoms with Crippen molar-refractivity contribution >= 4 is 11.7 Å². The largest absolute Gasteiger partial charge is 0.378 e. The van der Waals surface area contributed by atoms with E-state index in [4.69, 9.17) is 4.74 Å². The molecule has 1 aliphatic heterocycles. The first-order valence-corrected chi connectivity index (χ1v) is 8.76. The van der Waals surface area contributed by atoms with Gasteiger partial charge in [0.1, 0.15) is 0 Å². The van der Waals surface area contributed by atoms with Crippen LogP contribution in [-0.4, -0.2) is 34.6 Å². The minimum atomic E-state index is -0.181. The molecule has 2 heterocycles. The Morgan fingerprint density at radius 2 is 2.00 bits per heavy atom. The van der Waals surface area contributed by atoms with Gasteiger partial charge in [0.15, 0.2) is 0 Å². The molecule has 1 saturated heterocycles. The lowest BCUT2D eigenvalue weighted by Crippen LogP contribution is -2.47. The van der Waals surface area contributed by atoms with Crippen molar-refractivity contribution in [1.82, 2.24) is 15.1 Å². The molecule has 1 aliphatic carbocycles. The van der Waals surface area contributed by atoms with Gasteiger partial charge in [-0.05, 0) is 49.9 Å². The van der Waals surface area contributed by atoms with Gasteiger partial charge in [-0.25, -0.2) is 4.79 Å². The van der Waals surface area contributed by atoms with Crippen molar-refractivity contribution in [2.75, 3.05) is 11.9 Å². The SMILES string of the molecule is O=C(Nc1ccc(-n2ccc(=O)[nH]2)cc1)NC1CCCC2OCCC12. The van der Waals surface area contributed by atoms with Crippen LogP contribution in [0.15, 0.2) is 41.3 Å². The summed E-state index contributed by atoms with van der Waals surface area (Å²) in [6.07, 6.45) is 6.21. The lowest BCUT2D eigenvalue weighted by atomic mass is 9.82. The van der Waals surface area contributed by atoms with E-state index in [0.717, 1.165) is 38.0 Å². The van der Waals surface area contributed by atoms with Gasteiger partial charge in [0.25, 0.3) is 5.56 Å². The molecule has 0 spiro atoms. The van der Waals surface area contributed by atoms with Gasteiger partial charge >= 0.3 is 6.03 Å². The van der Waals surface area contributed by atoms with Crippen molar-refractivity contribution in [3.63, 3.8) is 0 Å². The van der Waals surface area contributed by atoms with Gasteiger partial charge in [-0.15, -0.1) is 0 Å². The van der Waals surface area contributed by atoms with Gasteiger partial charge in [0.2, 0.25) is 0 Å². The fraction of sp³-hybridized carbons (Fsp3) is 0.444. The average Bonchev–Trinajstić information content (AvgIpc) is 3.25. The summed E-state index contributed by atoms with van der Waals surface area (Å²) in [5.41, 5.74) is 1.39. The highest BCUT2D eigenvalue weighted by Gasteiger charge is 2.38. The highest BCUT2D eigenvalue weighted by atomic mass is 16.5. The second-order valence-electron chi connectivity index (χ2n) is 6.71. The standard InChI is InChI=1S/C18H22N4O3/c23-17-8-10-22(21-17)13-6-4-12(5-7-13)19-18(24)20-15-2-1-3-16-14(15)9-11-25-16/h4-8,10,14-16H,1-3,9,11H2,(H,21,23)(H2,19,20,24). The number of amides is 2. The normalized spacial score (nSPS) is 25.4. The summed E-state index contributed by atoms with van der Waals surface area (Å²) in [7, 11) is 0. The molecule has 2 aromatic rings. The van der Waals surface area contributed by atoms with E-state index in [2.05, 4.69) is 15.7 Å². The molecule has 1 aromatic carbocycles. The first-order valence-electron chi connectivity index (χ1n) is 8.76. The summed E-state index contributed by atoms with van der Waals surface area (Å²) in [6.45, 7) is 0.804. The maximum Gasteiger partial charge on any atom is 0.319 e. The molecule has 1 saturated carbocycles. The zero-order chi connectivity index (χ0) is 17.2. The highest BCUT2D eigenvalue weighted by Crippen LogP contribution is 2.34. The predicted molar refractivity (Wildman–Crippen MR) is 94.0 cm³/mol. The molecule has 2 amide bonds. The number of hydrogen-bond acceptors (Lipinski definition) is 3. The van der Waals surface area contributed by atoms with E-state index in [9.17, 15) is 9.59 Å². The molecular weight excluding hydrogens is 320 g/mol. The zero-order valence-electron chi connectivity index (χ0n) is 13.9. The topological polar surface area (TPSA) is 88.2 Å². The molecule has 3 N–H and O–H groups in total. The molecule has 7 heteroatoms. The van der Waals surface area contributed by atoms with Gasteiger partial charge < -0.3 is 15.4 Å². The Hall–Kier alpha value is -2.54. The van der Waals surface area contributed by atoms with Crippen molar-refractivity contribution in [3.8, 4) is 5.69 Å². The second-order valence-corrected chi connectivity index (χ2v) is 6.71. The minimum absolute atomic E-state index is 0.150. The number of carbonyl (C=O) groups excluding carboxylic acids is 1. The van der Waals surface area contributed by atoms with Crippen LogP contribution in [0.3, 0.4) is 0 Å². The van der Waals surface area contributed by atoms with Crippen molar-refractivity contribution in [2.45, 2.75) is 37.8 Å². The molecule has 2 fully saturated rings. The molecule has 4 rings (SSSR count). The number of benzene rings is 1. The van der Waals surface area contributed by atoms with E-state index in [1.165, 1.54) is 6.07 Å². The van der Waals surface area contributed by atoms with Crippen LogP contribution in [0.25, 0.3) is 5.69 Å². The quantitative estimate of drug-likeness (QED) is 0.799. The van der Waals surface area contributed by atoms with Crippen LogP contribution in [0.5, 0.6) is 0 Å². The summed E-state index contributed by atoms with van der Waals surface area (Å²) < 4.78 is 7.38. The molecule has 25 heavy (non-hydrogen) atoms. The van der Waals surface area contributed by atoms with E-state index in [1.54, 1.807) is 10.9 Å². The number of aromatic nitrogens is 2. The maximum absolute atomic E-state index is 12.3. The summed E-state index contributed by atoms with van der Waals surface area (Å²) >= 11 is 0. The number of urea groups is 1. The van der Waals surface area contributed by atoms with Crippen LogP contribution in [-0.2, 0) is 4.74 Å². The Kier molecular flexibility index (Phi) is 4.31. The fourth-order valence-electron chi connectivity index (χ4n) is 3.88. The van der Waals surface area contributed by atoms with Crippen LogP contribution in [0, 0.1) is 5.92 Å². The number of nitrogens with one attached hydrogen (secondary N) is 3. The second kappa shape index (κ2) is 6.76. The Morgan fingerprint density at radius 3 is 2.76 bits per heavy atom. The third kappa shape index (κ3) is 3.46. The number of nitrogens with zero attached hydrogens (tertiary/aromatic N) is 1. The summed E-state index contributed by atoms with van der Waals surface area (Å²) in [5, 5.41) is 8.66. The number of H-pyrrole nitrogens is 1. The number of hydrogen-bond donors (Lipinski definition) is 3. The van der Waals surface area contributed by atoms with Gasteiger partial charge in [0, 0.05) is 36.5 Å². The van der Waals surface area contributed by atoms with E-state index in [1.807, 2.05) is 24.3 Å². The highest BCUT2D eigenvalue weighted by molar-refractivity contribution is 5.89. The van der Waals surface area contributed by atoms with Crippen molar-refractivity contribution < 1.29 is 9.53 Å². The summed E-state index contributed by atoms with van der Waals surface area (Å²) in [5.74, 6) is 0.437. The molecular formula is C18H22N4O3. The zero-order valence-corrected chi connectivity index (χ0v) is 13.9. The van der Waals surface area contributed by atoms with Crippen LogP contribution in [0.2, 0.25) is 0 Å². The van der Waals surface area contributed by atoms with Gasteiger partial charge in [-0.2, -0.15) is 0 Å². The molecule has 7 nitrogen and oxygen atoms in total. The van der Waals surface area contributed by atoms with Crippen LogP contribution in [0.1, 0.15) is 25.7 Å². The Morgan fingerprint density at radius 1 is 1.16 bits per heavy atom. The lowest BCUT2D eigenvalue weighted by Gasteiger charge is -2.33. The Balaban J connectivity index is 1.36. The maximum atomic E-state index is 12.3. The molecule has 2 aliphatic rings. The fourth-order valence-corrected chi connectivity index (χ4v) is 3.88. The van der Waals surface area contributed by atoms with Gasteiger partial charge in [-0.3, -0.25) is 14.6 Å². The van der Waals surface area contributed by atoms with Crippen LogP contribution >= 0.6 is 0 Å². The number of aromatic amines is 1. The molecule has 0 radical (unpaired) electrons. The molecule has 0 bridgehead atoms. The van der Waals surface area contributed by atoms with Crippen molar-refractivity contribution in [1.29, 1.82) is 0 Å². The van der Waals surface area contributed by atoms with Crippen LogP contribution < -0.4 is 16.2 Å². The lowest BCUT2D eigenvalue weighted by molar-refractivity contribution is 0.0553. The molecule has 132 valence electrons. The molecule has 3 unspecified atom stereocenters. The average molecular weight is 342 g/mol. The van der Waals surface area contributed by atoms with Crippen LogP contribution in [0.4, 0.5) is 10.5 Å². The van der Waals surface area contributed by atoms with E-state index in [0.29, 0.717) is 17.7 Å². The monoisotopic (exact) mass is 342 g/mol. The minimum Gasteiger partial charge on any atom is -0.378 e. The van der Waals surface area contributed by atoms with E-state index < -0.39 is 0 Å². The summed E-state index contributed by atoms with van der Waals surface area (Å²) in [4.78, 5) is 23.5. The number of fused-ring (bicyclic) bond motifs is 1. The van der Waals surface area contributed by atoms with Crippen molar-refractivity contribution in [3.05, 3.63) is 46.9 Å². The summed E-state index contributed by atoms with van der Waals surface area (Å²) in [6, 6.07) is 8.78. The Bertz CT molecular complexity index is 795. The number of rotatable bonds is 3. The third-order valence-electron chi connectivity index (χ3n) is 5.11. The third-order valence-corrected chi connectivity index (χ3v) is 5.11. The van der Waals surface area contributed by atoms with Gasteiger partial charge in [0.05, 0.1) is 11.8 Å². The molecule has 3 atom stereocenters. The number of ether oxygens (including phenoxy) is 1. The van der Waals surface area contributed by atoms with E-state index >= 15 is 0 Å². The van der Waals surface area contributed by atoms with Gasteiger partial charge in [-0.1, -0.05) is 0 Å².